The Balaban J connectivity index is 2.23. The van der Waals surface area contributed by atoms with Gasteiger partial charge in [-0.1, -0.05) is 18.2 Å². The Morgan fingerprint density at radius 2 is 2.00 bits per heavy atom. The lowest BCUT2D eigenvalue weighted by molar-refractivity contribution is 0.517. The molecule has 1 aliphatic heterocycles. The Hall–Kier alpha value is -0.960. The summed E-state index contributed by atoms with van der Waals surface area (Å²) in [6.07, 6.45) is 1.01. The maximum absolute atomic E-state index is 12.3. The van der Waals surface area contributed by atoms with Crippen molar-refractivity contribution in [1.82, 2.24) is 4.72 Å². The third-order valence-electron chi connectivity index (χ3n) is 3.27. The van der Waals surface area contributed by atoms with E-state index in [1.54, 1.807) is 18.2 Å². The molecule has 0 amide bonds. The van der Waals surface area contributed by atoms with Gasteiger partial charge in [-0.3, -0.25) is 0 Å². The minimum atomic E-state index is -3.75. The molecule has 3 N–H and O–H groups in total. The topological polar surface area (TPSA) is 106 Å². The highest BCUT2D eigenvalue weighted by Crippen LogP contribution is 2.18. The van der Waals surface area contributed by atoms with Gasteiger partial charge < -0.3 is 5.73 Å². The molecule has 1 fully saturated rings. The van der Waals surface area contributed by atoms with E-state index in [1.807, 2.05) is 0 Å². The SMILES string of the molecule is NCc1ccccc1S(=O)(=O)NC1CCCS(=O)(=O)C1. The molecule has 0 aromatic heterocycles. The summed E-state index contributed by atoms with van der Waals surface area (Å²) < 4.78 is 50.2. The molecule has 0 saturated carbocycles. The standard InChI is InChI=1S/C12H18N2O4S2/c13-8-10-4-1-2-6-12(10)20(17,18)14-11-5-3-7-19(15,16)9-11/h1-2,4,6,11,14H,3,5,7-9,13H2. The highest BCUT2D eigenvalue weighted by atomic mass is 32.2. The number of rotatable bonds is 4. The fraction of sp³-hybridized carbons (Fsp3) is 0.500. The zero-order valence-electron chi connectivity index (χ0n) is 10.9. The minimum absolute atomic E-state index is 0.111. The molecule has 1 aromatic carbocycles. The molecule has 0 bridgehead atoms. The fourth-order valence-electron chi connectivity index (χ4n) is 2.33. The normalized spacial score (nSPS) is 22.6. The van der Waals surface area contributed by atoms with Crippen molar-refractivity contribution in [2.24, 2.45) is 5.73 Å². The Morgan fingerprint density at radius 1 is 1.30 bits per heavy atom. The molecule has 0 aliphatic carbocycles. The fourth-order valence-corrected chi connectivity index (χ4v) is 5.60. The molecule has 2 rings (SSSR count). The van der Waals surface area contributed by atoms with Crippen molar-refractivity contribution >= 4 is 19.9 Å². The number of hydrogen-bond donors (Lipinski definition) is 2. The van der Waals surface area contributed by atoms with Crippen LogP contribution in [-0.2, 0) is 26.4 Å². The van der Waals surface area contributed by atoms with E-state index in [1.165, 1.54) is 6.07 Å². The summed E-state index contributed by atoms with van der Waals surface area (Å²) in [5.41, 5.74) is 6.05. The number of nitrogens with two attached hydrogens (primary N) is 1. The first kappa shape index (κ1) is 15.4. The van der Waals surface area contributed by atoms with Crippen molar-refractivity contribution in [3.63, 3.8) is 0 Å². The number of benzene rings is 1. The Morgan fingerprint density at radius 3 is 2.65 bits per heavy atom. The van der Waals surface area contributed by atoms with E-state index in [0.717, 1.165) is 0 Å². The molecular weight excluding hydrogens is 300 g/mol. The van der Waals surface area contributed by atoms with Crippen LogP contribution in [0.4, 0.5) is 0 Å². The highest BCUT2D eigenvalue weighted by Gasteiger charge is 2.29. The van der Waals surface area contributed by atoms with Crippen LogP contribution < -0.4 is 10.5 Å². The summed E-state index contributed by atoms with van der Waals surface area (Å²) in [4.78, 5) is 0.116. The van der Waals surface area contributed by atoms with Crippen molar-refractivity contribution in [2.75, 3.05) is 11.5 Å². The second kappa shape index (κ2) is 5.80. The van der Waals surface area contributed by atoms with Crippen LogP contribution in [0.5, 0.6) is 0 Å². The van der Waals surface area contributed by atoms with Gasteiger partial charge in [0.1, 0.15) is 0 Å². The molecule has 1 aromatic rings. The summed E-state index contributed by atoms with van der Waals surface area (Å²) in [7, 11) is -6.90. The summed E-state index contributed by atoms with van der Waals surface area (Å²) >= 11 is 0. The molecular formula is C12H18N2O4S2. The van der Waals surface area contributed by atoms with E-state index in [2.05, 4.69) is 4.72 Å². The van der Waals surface area contributed by atoms with E-state index < -0.39 is 25.9 Å². The molecule has 112 valence electrons. The van der Waals surface area contributed by atoms with Crippen molar-refractivity contribution in [2.45, 2.75) is 30.3 Å². The number of nitrogens with one attached hydrogen (secondary N) is 1. The molecule has 0 radical (unpaired) electrons. The van der Waals surface area contributed by atoms with Gasteiger partial charge in [-0.15, -0.1) is 0 Å². The summed E-state index contributed by atoms with van der Waals surface area (Å²) in [6, 6.07) is 5.88. The van der Waals surface area contributed by atoms with E-state index in [0.29, 0.717) is 18.4 Å². The molecule has 1 unspecified atom stereocenters. The van der Waals surface area contributed by atoms with Gasteiger partial charge in [0.15, 0.2) is 9.84 Å². The molecule has 1 atom stereocenters. The lowest BCUT2D eigenvalue weighted by atomic mass is 10.2. The van der Waals surface area contributed by atoms with Gasteiger partial charge in [0.2, 0.25) is 10.0 Å². The van der Waals surface area contributed by atoms with Gasteiger partial charge in [-0.2, -0.15) is 0 Å². The first-order valence-electron chi connectivity index (χ1n) is 6.35. The van der Waals surface area contributed by atoms with E-state index in [9.17, 15) is 16.8 Å². The summed E-state index contributed by atoms with van der Waals surface area (Å²) in [5.74, 6) is -0.0123. The van der Waals surface area contributed by atoms with E-state index in [4.69, 9.17) is 5.73 Å². The average Bonchev–Trinajstić information content (AvgIpc) is 2.37. The predicted octanol–water partition coefficient (Wildman–Crippen LogP) is 0.000800. The van der Waals surface area contributed by atoms with Crippen LogP contribution in [-0.4, -0.2) is 34.4 Å². The van der Waals surface area contributed by atoms with Gasteiger partial charge in [0.05, 0.1) is 16.4 Å². The maximum atomic E-state index is 12.3. The van der Waals surface area contributed by atoms with Crippen LogP contribution >= 0.6 is 0 Å². The van der Waals surface area contributed by atoms with E-state index >= 15 is 0 Å². The van der Waals surface area contributed by atoms with Crippen molar-refractivity contribution < 1.29 is 16.8 Å². The van der Waals surface area contributed by atoms with E-state index in [-0.39, 0.29) is 22.9 Å². The highest BCUT2D eigenvalue weighted by molar-refractivity contribution is 7.91. The van der Waals surface area contributed by atoms with Crippen LogP contribution in [0, 0.1) is 0 Å². The molecule has 20 heavy (non-hydrogen) atoms. The lowest BCUT2D eigenvalue weighted by Gasteiger charge is -2.23. The zero-order chi connectivity index (χ0) is 14.8. The van der Waals surface area contributed by atoms with Gasteiger partial charge >= 0.3 is 0 Å². The van der Waals surface area contributed by atoms with Crippen molar-refractivity contribution in [3.8, 4) is 0 Å². The Bertz CT molecular complexity index is 683. The van der Waals surface area contributed by atoms with Crippen LogP contribution in [0.1, 0.15) is 18.4 Å². The molecule has 1 aliphatic rings. The zero-order valence-corrected chi connectivity index (χ0v) is 12.6. The Labute approximate surface area is 119 Å². The number of hydrogen-bond acceptors (Lipinski definition) is 5. The second-order valence-electron chi connectivity index (χ2n) is 4.89. The monoisotopic (exact) mass is 318 g/mol. The summed E-state index contributed by atoms with van der Waals surface area (Å²) in [6.45, 7) is 0.111. The smallest absolute Gasteiger partial charge is 0.241 e. The van der Waals surface area contributed by atoms with Gasteiger partial charge in [-0.05, 0) is 24.5 Å². The lowest BCUT2D eigenvalue weighted by Crippen LogP contribution is -2.43. The van der Waals surface area contributed by atoms with Crippen LogP contribution in [0.2, 0.25) is 0 Å². The van der Waals surface area contributed by atoms with Crippen LogP contribution in [0.3, 0.4) is 0 Å². The number of sulfone groups is 1. The van der Waals surface area contributed by atoms with Gasteiger partial charge in [0, 0.05) is 12.6 Å². The molecule has 1 heterocycles. The summed E-state index contributed by atoms with van der Waals surface area (Å²) in [5, 5.41) is 0. The third kappa shape index (κ3) is 3.57. The second-order valence-corrected chi connectivity index (χ2v) is 8.80. The molecule has 6 nitrogen and oxygen atoms in total. The largest absolute Gasteiger partial charge is 0.326 e. The van der Waals surface area contributed by atoms with Crippen LogP contribution in [0.25, 0.3) is 0 Å². The number of sulfonamides is 1. The molecule has 8 heteroatoms. The average molecular weight is 318 g/mol. The van der Waals surface area contributed by atoms with Gasteiger partial charge in [-0.25, -0.2) is 21.6 Å². The predicted molar refractivity (Wildman–Crippen MR) is 76.3 cm³/mol. The maximum Gasteiger partial charge on any atom is 0.241 e. The molecule has 0 spiro atoms. The van der Waals surface area contributed by atoms with Crippen LogP contribution in [0.15, 0.2) is 29.2 Å². The minimum Gasteiger partial charge on any atom is -0.326 e. The van der Waals surface area contributed by atoms with Crippen molar-refractivity contribution in [3.05, 3.63) is 29.8 Å². The first-order valence-corrected chi connectivity index (χ1v) is 9.65. The molecule has 1 saturated heterocycles. The third-order valence-corrected chi connectivity index (χ3v) is 6.71. The Kier molecular flexibility index (Phi) is 4.48. The first-order chi connectivity index (χ1) is 9.34. The quantitative estimate of drug-likeness (QED) is 0.813. The van der Waals surface area contributed by atoms with Gasteiger partial charge in [0.25, 0.3) is 0 Å². The van der Waals surface area contributed by atoms with Crippen molar-refractivity contribution in [1.29, 1.82) is 0 Å².